The van der Waals surface area contributed by atoms with E-state index in [0.29, 0.717) is 40.8 Å². The summed E-state index contributed by atoms with van der Waals surface area (Å²) in [5.74, 6) is 0.759. The summed E-state index contributed by atoms with van der Waals surface area (Å²) in [4.78, 5) is 43.6. The number of amides is 2. The summed E-state index contributed by atoms with van der Waals surface area (Å²) in [6.07, 6.45) is 6.76. The highest BCUT2D eigenvalue weighted by molar-refractivity contribution is 5.99. The SMILES string of the molecule is CN(C)C(=O)c1cc2cnc(Nc3ccc(C(=O)N4CC5CCCC(C4)N5)cn3)nc2n1-c1ccc(C(C)(C)C)cc1. The average Bonchev–Trinajstić information content (AvgIpc) is 3.35. The van der Waals surface area contributed by atoms with Crippen molar-refractivity contribution in [2.45, 2.75) is 57.5 Å². The number of anilines is 2. The fourth-order valence-electron chi connectivity index (χ4n) is 5.87. The number of carbonyl (C=O) groups excluding carboxylic acids is 2. The van der Waals surface area contributed by atoms with E-state index in [-0.39, 0.29) is 17.2 Å². The molecule has 10 nitrogen and oxygen atoms in total. The number of fused-ring (bicyclic) bond motifs is 3. The number of hydrogen-bond acceptors (Lipinski definition) is 7. The average molecular weight is 567 g/mol. The zero-order valence-corrected chi connectivity index (χ0v) is 24.9. The van der Waals surface area contributed by atoms with E-state index >= 15 is 0 Å². The van der Waals surface area contributed by atoms with Crippen LogP contribution < -0.4 is 10.6 Å². The normalized spacial score (nSPS) is 18.6. The molecule has 3 aromatic heterocycles. The highest BCUT2D eigenvalue weighted by Gasteiger charge is 2.32. The van der Waals surface area contributed by atoms with E-state index in [1.54, 1.807) is 43.5 Å². The van der Waals surface area contributed by atoms with Gasteiger partial charge in [0.2, 0.25) is 5.95 Å². The fourth-order valence-corrected chi connectivity index (χ4v) is 5.87. The molecule has 2 N–H and O–H groups in total. The molecule has 1 aromatic carbocycles. The van der Waals surface area contributed by atoms with Crippen molar-refractivity contribution >= 4 is 34.6 Å². The standard InChI is InChI=1S/C32H38N8O2/c1-32(2,3)22-10-12-25(13-11-22)40-26(30(42)38(4)5)15-21-17-34-31(37-28(21)40)36-27-14-9-20(16-33-27)29(41)39-18-23-7-6-8-24(19-39)35-23/h9-17,23-24,35H,6-8,18-19H2,1-5H3,(H,33,34,36,37). The molecule has 2 fully saturated rings. The Balaban J connectivity index is 1.27. The first-order valence-corrected chi connectivity index (χ1v) is 14.6. The van der Waals surface area contributed by atoms with Crippen LogP contribution in [-0.2, 0) is 5.41 Å². The third kappa shape index (κ3) is 5.46. The maximum Gasteiger partial charge on any atom is 0.270 e. The number of nitrogens with one attached hydrogen (secondary N) is 2. The Hall–Kier alpha value is -4.31. The Morgan fingerprint density at radius 1 is 0.976 bits per heavy atom. The zero-order chi connectivity index (χ0) is 29.6. The molecule has 2 aliphatic rings. The summed E-state index contributed by atoms with van der Waals surface area (Å²) >= 11 is 0. The third-order valence-electron chi connectivity index (χ3n) is 8.15. The largest absolute Gasteiger partial charge is 0.343 e. The molecule has 0 spiro atoms. The summed E-state index contributed by atoms with van der Waals surface area (Å²) in [5.41, 5.74) is 3.73. The van der Waals surface area contributed by atoms with Gasteiger partial charge in [-0.15, -0.1) is 0 Å². The predicted octanol–water partition coefficient (Wildman–Crippen LogP) is 4.52. The number of likely N-dealkylation sites (tertiary alicyclic amines) is 1. The van der Waals surface area contributed by atoms with Gasteiger partial charge in [0.25, 0.3) is 11.8 Å². The second kappa shape index (κ2) is 10.8. The lowest BCUT2D eigenvalue weighted by molar-refractivity contribution is 0.0607. The highest BCUT2D eigenvalue weighted by atomic mass is 16.2. The maximum absolute atomic E-state index is 13.2. The smallest absolute Gasteiger partial charge is 0.270 e. The number of nitrogens with zero attached hydrogens (tertiary/aromatic N) is 6. The van der Waals surface area contributed by atoms with Gasteiger partial charge in [-0.1, -0.05) is 39.3 Å². The maximum atomic E-state index is 13.2. The molecule has 10 heteroatoms. The van der Waals surface area contributed by atoms with Crippen LogP contribution in [0.2, 0.25) is 0 Å². The molecule has 0 saturated carbocycles. The minimum atomic E-state index is -0.127. The molecule has 5 heterocycles. The van der Waals surface area contributed by atoms with E-state index in [9.17, 15) is 9.59 Å². The van der Waals surface area contributed by atoms with Gasteiger partial charge in [-0.3, -0.25) is 14.2 Å². The Bertz CT molecular complexity index is 1610. The quantitative estimate of drug-likeness (QED) is 0.366. The summed E-state index contributed by atoms with van der Waals surface area (Å²) in [6.45, 7) is 7.99. The lowest BCUT2D eigenvalue weighted by Gasteiger charge is -2.42. The second-order valence-electron chi connectivity index (χ2n) is 12.6. The Morgan fingerprint density at radius 3 is 2.31 bits per heavy atom. The second-order valence-corrected chi connectivity index (χ2v) is 12.6. The van der Waals surface area contributed by atoms with E-state index in [1.807, 2.05) is 27.7 Å². The lowest BCUT2D eigenvalue weighted by Crippen LogP contribution is -2.59. The molecule has 2 atom stereocenters. The summed E-state index contributed by atoms with van der Waals surface area (Å²) in [6, 6.07) is 14.4. The molecular formula is C32H38N8O2. The fraction of sp³-hybridized carbons (Fsp3) is 0.406. The van der Waals surface area contributed by atoms with Crippen LogP contribution in [0, 0.1) is 0 Å². The number of hydrogen-bond donors (Lipinski definition) is 2. The molecule has 0 radical (unpaired) electrons. The van der Waals surface area contributed by atoms with Gasteiger partial charge < -0.3 is 20.4 Å². The predicted molar refractivity (Wildman–Crippen MR) is 164 cm³/mol. The van der Waals surface area contributed by atoms with E-state index in [2.05, 4.69) is 53.5 Å². The Morgan fingerprint density at radius 2 is 1.69 bits per heavy atom. The summed E-state index contributed by atoms with van der Waals surface area (Å²) in [5, 5.41) is 7.53. The van der Waals surface area contributed by atoms with E-state index in [1.165, 1.54) is 12.0 Å². The molecule has 2 bridgehead atoms. The number of carbonyl (C=O) groups is 2. The highest BCUT2D eigenvalue weighted by Crippen LogP contribution is 2.28. The van der Waals surface area contributed by atoms with Crippen LogP contribution >= 0.6 is 0 Å². The van der Waals surface area contributed by atoms with Crippen molar-refractivity contribution in [3.63, 3.8) is 0 Å². The summed E-state index contributed by atoms with van der Waals surface area (Å²) < 4.78 is 1.87. The number of piperazine rings is 1. The number of piperidine rings is 1. The van der Waals surface area contributed by atoms with Gasteiger partial charge in [-0.2, -0.15) is 4.98 Å². The number of pyridine rings is 1. The minimum Gasteiger partial charge on any atom is -0.343 e. The van der Waals surface area contributed by atoms with Gasteiger partial charge in [0.15, 0.2) is 5.65 Å². The van der Waals surface area contributed by atoms with Crippen molar-refractivity contribution in [1.29, 1.82) is 0 Å². The molecule has 42 heavy (non-hydrogen) atoms. The number of benzene rings is 1. The van der Waals surface area contributed by atoms with Crippen molar-refractivity contribution < 1.29 is 9.59 Å². The monoisotopic (exact) mass is 566 g/mol. The van der Waals surface area contributed by atoms with Crippen molar-refractivity contribution in [3.05, 3.63) is 71.7 Å². The van der Waals surface area contributed by atoms with Crippen LogP contribution in [-0.4, -0.2) is 80.4 Å². The van der Waals surface area contributed by atoms with Gasteiger partial charge >= 0.3 is 0 Å². The molecule has 4 aromatic rings. The molecular weight excluding hydrogens is 528 g/mol. The van der Waals surface area contributed by atoms with Crippen molar-refractivity contribution in [2.24, 2.45) is 0 Å². The van der Waals surface area contributed by atoms with Crippen LogP contribution in [0.15, 0.2) is 54.9 Å². The van der Waals surface area contributed by atoms with Crippen LogP contribution in [0.3, 0.4) is 0 Å². The van der Waals surface area contributed by atoms with E-state index < -0.39 is 0 Å². The third-order valence-corrected chi connectivity index (χ3v) is 8.15. The van der Waals surface area contributed by atoms with Crippen LogP contribution in [0.5, 0.6) is 0 Å². The van der Waals surface area contributed by atoms with Crippen LogP contribution in [0.25, 0.3) is 16.7 Å². The molecule has 2 unspecified atom stereocenters. The first-order chi connectivity index (χ1) is 20.1. The number of rotatable bonds is 5. The molecule has 6 rings (SSSR count). The van der Waals surface area contributed by atoms with Crippen molar-refractivity contribution in [1.82, 2.24) is 34.6 Å². The van der Waals surface area contributed by atoms with Gasteiger partial charge in [0, 0.05) is 62.7 Å². The number of aromatic nitrogens is 4. The Labute approximate surface area is 246 Å². The van der Waals surface area contributed by atoms with E-state index in [0.717, 1.165) is 37.0 Å². The molecule has 2 saturated heterocycles. The first-order valence-electron chi connectivity index (χ1n) is 14.6. The Kier molecular flexibility index (Phi) is 7.18. The van der Waals surface area contributed by atoms with Crippen LogP contribution in [0.4, 0.5) is 11.8 Å². The minimum absolute atomic E-state index is 0.00991. The zero-order valence-electron chi connectivity index (χ0n) is 24.9. The molecule has 2 amide bonds. The van der Waals surface area contributed by atoms with Crippen LogP contribution in [0.1, 0.15) is 66.4 Å². The van der Waals surface area contributed by atoms with Gasteiger partial charge in [0.1, 0.15) is 11.5 Å². The van der Waals surface area contributed by atoms with Gasteiger partial charge in [-0.25, -0.2) is 9.97 Å². The molecule has 218 valence electrons. The molecule has 2 aliphatic heterocycles. The first kappa shape index (κ1) is 27.8. The van der Waals surface area contributed by atoms with Gasteiger partial charge in [0.05, 0.1) is 5.56 Å². The van der Waals surface area contributed by atoms with E-state index in [4.69, 9.17) is 4.98 Å². The topological polar surface area (TPSA) is 108 Å². The molecule has 0 aliphatic carbocycles. The van der Waals surface area contributed by atoms with Gasteiger partial charge in [-0.05, 0) is 54.2 Å². The summed E-state index contributed by atoms with van der Waals surface area (Å²) in [7, 11) is 3.47. The van der Waals surface area contributed by atoms with Crippen molar-refractivity contribution in [3.8, 4) is 5.69 Å². The lowest BCUT2D eigenvalue weighted by atomic mass is 9.87. The van der Waals surface area contributed by atoms with Crippen molar-refractivity contribution in [2.75, 3.05) is 32.5 Å².